The molecular formula is C14H15N3O3. The molecule has 6 nitrogen and oxygen atoms in total. The number of rotatable bonds is 6. The molecule has 0 aliphatic heterocycles. The minimum atomic E-state index is 0.166. The van der Waals surface area contributed by atoms with Crippen molar-refractivity contribution in [2.24, 2.45) is 0 Å². The molecule has 0 unspecified atom stereocenters. The number of benzene rings is 1. The van der Waals surface area contributed by atoms with Gasteiger partial charge in [0.1, 0.15) is 0 Å². The number of ether oxygens (including phenoxy) is 2. The van der Waals surface area contributed by atoms with Crippen LogP contribution in [-0.4, -0.2) is 16.7 Å². The summed E-state index contributed by atoms with van der Waals surface area (Å²) < 4.78 is 16.1. The Balaban J connectivity index is 2.10. The Kier molecular flexibility index (Phi) is 4.56. The van der Waals surface area contributed by atoms with Gasteiger partial charge in [0.05, 0.1) is 18.2 Å². The molecule has 0 aliphatic carbocycles. The molecule has 0 N–H and O–H groups in total. The van der Waals surface area contributed by atoms with Crippen LogP contribution in [0.4, 0.5) is 0 Å². The molecule has 0 radical (unpaired) electrons. The fourth-order valence-corrected chi connectivity index (χ4v) is 1.60. The second kappa shape index (κ2) is 6.57. The first-order chi connectivity index (χ1) is 9.76. The Bertz CT molecular complexity index is 616. The van der Waals surface area contributed by atoms with E-state index in [4.69, 9.17) is 19.3 Å². The standard InChI is InChI=1S/C14H15N3O3/c1-3-13-16-14(20-17-13)9-19-11-6-5-10(8-15)7-12(11)18-4-2/h5-7H,3-4,9H2,1-2H3. The van der Waals surface area contributed by atoms with Crippen molar-refractivity contribution in [1.29, 1.82) is 5.26 Å². The topological polar surface area (TPSA) is 81.2 Å². The second-order valence-corrected chi connectivity index (χ2v) is 3.95. The number of aromatic nitrogens is 2. The van der Waals surface area contributed by atoms with E-state index in [0.29, 0.717) is 41.8 Å². The first-order valence-electron chi connectivity index (χ1n) is 6.38. The highest BCUT2D eigenvalue weighted by Crippen LogP contribution is 2.28. The maximum atomic E-state index is 8.88. The second-order valence-electron chi connectivity index (χ2n) is 3.95. The molecule has 0 bridgehead atoms. The smallest absolute Gasteiger partial charge is 0.264 e. The molecule has 104 valence electrons. The van der Waals surface area contributed by atoms with E-state index in [-0.39, 0.29) is 6.61 Å². The SMILES string of the molecule is CCOc1cc(C#N)ccc1OCc1nc(CC)no1. The molecule has 0 saturated carbocycles. The number of aryl methyl sites for hydroxylation is 1. The van der Waals surface area contributed by atoms with Gasteiger partial charge >= 0.3 is 0 Å². The van der Waals surface area contributed by atoms with Crippen LogP contribution in [0, 0.1) is 11.3 Å². The maximum absolute atomic E-state index is 8.88. The Hall–Kier alpha value is -2.55. The Labute approximate surface area is 116 Å². The summed E-state index contributed by atoms with van der Waals surface area (Å²) in [5.41, 5.74) is 0.520. The zero-order chi connectivity index (χ0) is 14.4. The van der Waals surface area contributed by atoms with Crippen molar-refractivity contribution in [3.63, 3.8) is 0 Å². The molecule has 2 rings (SSSR count). The van der Waals surface area contributed by atoms with Gasteiger partial charge in [-0.1, -0.05) is 12.1 Å². The number of hydrogen-bond donors (Lipinski definition) is 0. The van der Waals surface area contributed by atoms with Crippen LogP contribution in [0.3, 0.4) is 0 Å². The Morgan fingerprint density at radius 3 is 2.75 bits per heavy atom. The lowest BCUT2D eigenvalue weighted by Crippen LogP contribution is -2.00. The first kappa shape index (κ1) is 13.9. The lowest BCUT2D eigenvalue weighted by molar-refractivity contribution is 0.228. The van der Waals surface area contributed by atoms with Crippen LogP contribution in [0.5, 0.6) is 11.5 Å². The first-order valence-corrected chi connectivity index (χ1v) is 6.38. The molecule has 2 aromatic rings. The summed E-state index contributed by atoms with van der Waals surface area (Å²) in [5, 5.41) is 12.7. The third kappa shape index (κ3) is 3.26. The van der Waals surface area contributed by atoms with Crippen LogP contribution >= 0.6 is 0 Å². The van der Waals surface area contributed by atoms with E-state index >= 15 is 0 Å². The molecule has 1 aromatic heterocycles. The van der Waals surface area contributed by atoms with Gasteiger partial charge < -0.3 is 14.0 Å². The third-order valence-corrected chi connectivity index (χ3v) is 2.55. The van der Waals surface area contributed by atoms with Crippen molar-refractivity contribution in [3.05, 3.63) is 35.5 Å². The van der Waals surface area contributed by atoms with E-state index in [2.05, 4.69) is 16.2 Å². The van der Waals surface area contributed by atoms with Gasteiger partial charge in [0.25, 0.3) is 5.89 Å². The molecule has 1 aromatic carbocycles. The largest absolute Gasteiger partial charge is 0.490 e. The van der Waals surface area contributed by atoms with Crippen molar-refractivity contribution in [3.8, 4) is 17.6 Å². The van der Waals surface area contributed by atoms with Crippen LogP contribution in [0.1, 0.15) is 31.1 Å². The minimum Gasteiger partial charge on any atom is -0.490 e. The van der Waals surface area contributed by atoms with Crippen molar-refractivity contribution >= 4 is 0 Å². The molecule has 0 spiro atoms. The lowest BCUT2D eigenvalue weighted by Gasteiger charge is -2.10. The van der Waals surface area contributed by atoms with Gasteiger partial charge in [-0.15, -0.1) is 0 Å². The van der Waals surface area contributed by atoms with Crippen molar-refractivity contribution in [2.45, 2.75) is 26.9 Å². The van der Waals surface area contributed by atoms with Gasteiger partial charge in [-0.05, 0) is 19.1 Å². The summed E-state index contributed by atoms with van der Waals surface area (Å²) in [6.07, 6.45) is 0.713. The molecule has 0 atom stereocenters. The molecule has 1 heterocycles. The Morgan fingerprint density at radius 2 is 2.10 bits per heavy atom. The van der Waals surface area contributed by atoms with Crippen LogP contribution in [0.2, 0.25) is 0 Å². The average Bonchev–Trinajstić information content (AvgIpc) is 2.94. The summed E-state index contributed by atoms with van der Waals surface area (Å²) in [7, 11) is 0. The van der Waals surface area contributed by atoms with Crippen molar-refractivity contribution in [2.75, 3.05) is 6.61 Å². The summed E-state index contributed by atoms with van der Waals surface area (Å²) in [6, 6.07) is 7.07. The summed E-state index contributed by atoms with van der Waals surface area (Å²) >= 11 is 0. The zero-order valence-electron chi connectivity index (χ0n) is 11.4. The highest BCUT2D eigenvalue weighted by Gasteiger charge is 2.10. The van der Waals surface area contributed by atoms with Gasteiger partial charge in [-0.2, -0.15) is 10.2 Å². The summed E-state index contributed by atoms with van der Waals surface area (Å²) in [6.45, 7) is 4.47. The van der Waals surface area contributed by atoms with Crippen molar-refractivity contribution in [1.82, 2.24) is 10.1 Å². The van der Waals surface area contributed by atoms with E-state index in [1.807, 2.05) is 13.8 Å². The van der Waals surface area contributed by atoms with Crippen LogP contribution < -0.4 is 9.47 Å². The Morgan fingerprint density at radius 1 is 1.25 bits per heavy atom. The van der Waals surface area contributed by atoms with Gasteiger partial charge in [0, 0.05) is 12.5 Å². The predicted molar refractivity (Wildman–Crippen MR) is 70.3 cm³/mol. The average molecular weight is 273 g/mol. The lowest BCUT2D eigenvalue weighted by atomic mass is 10.2. The van der Waals surface area contributed by atoms with Crippen LogP contribution in [0.25, 0.3) is 0 Å². The van der Waals surface area contributed by atoms with E-state index in [1.54, 1.807) is 18.2 Å². The predicted octanol–water partition coefficient (Wildman–Crippen LogP) is 2.48. The van der Waals surface area contributed by atoms with Crippen LogP contribution in [-0.2, 0) is 13.0 Å². The summed E-state index contributed by atoms with van der Waals surface area (Å²) in [5.74, 6) is 2.13. The van der Waals surface area contributed by atoms with E-state index < -0.39 is 0 Å². The highest BCUT2D eigenvalue weighted by atomic mass is 16.5. The van der Waals surface area contributed by atoms with E-state index in [9.17, 15) is 0 Å². The highest BCUT2D eigenvalue weighted by molar-refractivity contribution is 5.46. The third-order valence-electron chi connectivity index (χ3n) is 2.55. The van der Waals surface area contributed by atoms with E-state index in [0.717, 1.165) is 0 Å². The number of nitrogens with zero attached hydrogens (tertiary/aromatic N) is 3. The molecular weight excluding hydrogens is 258 g/mol. The maximum Gasteiger partial charge on any atom is 0.264 e. The fourth-order valence-electron chi connectivity index (χ4n) is 1.60. The normalized spacial score (nSPS) is 10.1. The molecule has 0 saturated heterocycles. The van der Waals surface area contributed by atoms with Gasteiger partial charge in [-0.25, -0.2) is 0 Å². The molecule has 0 aliphatic rings. The zero-order valence-corrected chi connectivity index (χ0v) is 11.4. The molecule has 0 fully saturated rings. The van der Waals surface area contributed by atoms with Gasteiger partial charge in [0.15, 0.2) is 23.9 Å². The molecule has 20 heavy (non-hydrogen) atoms. The monoisotopic (exact) mass is 273 g/mol. The fraction of sp³-hybridized carbons (Fsp3) is 0.357. The molecule has 6 heteroatoms. The van der Waals surface area contributed by atoms with Crippen molar-refractivity contribution < 1.29 is 14.0 Å². The van der Waals surface area contributed by atoms with Gasteiger partial charge in [0.2, 0.25) is 0 Å². The molecule has 0 amide bonds. The quantitative estimate of drug-likeness (QED) is 0.804. The van der Waals surface area contributed by atoms with Crippen LogP contribution in [0.15, 0.2) is 22.7 Å². The number of nitriles is 1. The van der Waals surface area contributed by atoms with Gasteiger partial charge in [-0.3, -0.25) is 0 Å². The van der Waals surface area contributed by atoms with E-state index in [1.165, 1.54) is 0 Å². The summed E-state index contributed by atoms with van der Waals surface area (Å²) in [4.78, 5) is 4.16. The number of hydrogen-bond acceptors (Lipinski definition) is 6. The minimum absolute atomic E-state index is 0.166.